The van der Waals surface area contributed by atoms with Crippen LogP contribution in [0.25, 0.3) is 0 Å². The molecule has 0 radical (unpaired) electrons. The molecule has 2 aromatic rings. The number of nitrogens with one attached hydrogen (secondary N) is 1. The highest BCUT2D eigenvalue weighted by atomic mass is 35.5. The molecule has 0 saturated carbocycles. The van der Waals surface area contributed by atoms with Crippen molar-refractivity contribution in [1.29, 1.82) is 0 Å². The van der Waals surface area contributed by atoms with Gasteiger partial charge in [0.1, 0.15) is 5.75 Å². The second-order valence-corrected chi connectivity index (χ2v) is 4.01. The molecule has 6 heteroatoms. The van der Waals surface area contributed by atoms with Crippen molar-refractivity contribution in [3.63, 3.8) is 0 Å². The van der Waals surface area contributed by atoms with Gasteiger partial charge in [-0.2, -0.15) is 0 Å². The molecule has 0 aliphatic rings. The normalized spacial score (nSPS) is 10.1. The van der Waals surface area contributed by atoms with E-state index in [1.807, 2.05) is 0 Å². The third-order valence-corrected chi connectivity index (χ3v) is 2.60. The Balaban J connectivity index is 2.25. The van der Waals surface area contributed by atoms with Gasteiger partial charge in [-0.15, -0.1) is 10.2 Å². The predicted octanol–water partition coefficient (Wildman–Crippen LogP) is 3.54. The second kappa shape index (κ2) is 5.21. The predicted molar refractivity (Wildman–Crippen MR) is 68.3 cm³/mol. The minimum atomic E-state index is 0.340. The molecule has 4 nitrogen and oxygen atoms in total. The molecule has 17 heavy (non-hydrogen) atoms. The van der Waals surface area contributed by atoms with E-state index in [1.54, 1.807) is 37.4 Å². The molecule has 0 fully saturated rings. The molecule has 1 aromatic heterocycles. The van der Waals surface area contributed by atoms with Crippen LogP contribution in [0.15, 0.2) is 30.3 Å². The zero-order valence-electron chi connectivity index (χ0n) is 8.95. The summed E-state index contributed by atoms with van der Waals surface area (Å²) in [6, 6.07) is 8.65. The molecule has 1 N–H and O–H groups in total. The minimum Gasteiger partial charge on any atom is -0.497 e. The molecule has 88 valence electrons. The highest BCUT2D eigenvalue weighted by Gasteiger charge is 2.04. The van der Waals surface area contributed by atoms with Gasteiger partial charge in [0.2, 0.25) is 0 Å². The van der Waals surface area contributed by atoms with Crippen molar-refractivity contribution in [2.45, 2.75) is 0 Å². The first kappa shape index (κ1) is 12.0. The summed E-state index contributed by atoms with van der Waals surface area (Å²) < 4.78 is 5.11. The van der Waals surface area contributed by atoms with E-state index in [0.29, 0.717) is 27.4 Å². The molecular formula is C11H9Cl2N3O. The van der Waals surface area contributed by atoms with Crippen LogP contribution < -0.4 is 10.1 Å². The van der Waals surface area contributed by atoms with E-state index in [-0.39, 0.29) is 0 Å². The number of ether oxygens (including phenoxy) is 1. The average molecular weight is 270 g/mol. The van der Waals surface area contributed by atoms with Gasteiger partial charge in [0, 0.05) is 6.07 Å². The Hall–Kier alpha value is -1.52. The monoisotopic (exact) mass is 269 g/mol. The van der Waals surface area contributed by atoms with E-state index in [9.17, 15) is 0 Å². The minimum absolute atomic E-state index is 0.340. The van der Waals surface area contributed by atoms with Gasteiger partial charge in [-0.25, -0.2) is 0 Å². The van der Waals surface area contributed by atoms with Gasteiger partial charge in [-0.05, 0) is 24.3 Å². The Kier molecular flexibility index (Phi) is 3.66. The van der Waals surface area contributed by atoms with Crippen LogP contribution in [0.3, 0.4) is 0 Å². The molecule has 0 aliphatic heterocycles. The van der Waals surface area contributed by atoms with E-state index in [4.69, 9.17) is 27.9 Å². The third-order valence-electron chi connectivity index (χ3n) is 2.07. The largest absolute Gasteiger partial charge is 0.497 e. The summed E-state index contributed by atoms with van der Waals surface area (Å²) in [6.07, 6.45) is 0. The molecule has 0 amide bonds. The first-order chi connectivity index (χ1) is 8.19. The quantitative estimate of drug-likeness (QED) is 0.926. The maximum Gasteiger partial charge on any atom is 0.153 e. The number of nitrogens with zero attached hydrogens (tertiary/aromatic N) is 2. The van der Waals surface area contributed by atoms with Crippen LogP contribution in [-0.2, 0) is 0 Å². The molecule has 0 atom stereocenters. The molecule has 0 spiro atoms. The zero-order valence-corrected chi connectivity index (χ0v) is 10.5. The van der Waals surface area contributed by atoms with Gasteiger partial charge in [-0.1, -0.05) is 23.2 Å². The molecule has 0 unspecified atom stereocenters. The summed E-state index contributed by atoms with van der Waals surface area (Å²) in [5.74, 6) is 1.27. The summed E-state index contributed by atoms with van der Waals surface area (Å²) in [4.78, 5) is 0. The van der Waals surface area contributed by atoms with Crippen LogP contribution >= 0.6 is 23.2 Å². The average Bonchev–Trinajstić information content (AvgIpc) is 2.35. The lowest BCUT2D eigenvalue weighted by Gasteiger charge is -2.08. The number of methoxy groups -OCH3 is 1. The van der Waals surface area contributed by atoms with Crippen molar-refractivity contribution in [1.82, 2.24) is 10.2 Å². The Morgan fingerprint density at radius 2 is 1.94 bits per heavy atom. The number of rotatable bonds is 3. The number of benzene rings is 1. The Labute approximate surface area is 109 Å². The summed E-state index contributed by atoms with van der Waals surface area (Å²) in [7, 11) is 1.59. The molecule has 1 heterocycles. The Morgan fingerprint density at radius 3 is 2.59 bits per heavy atom. The Morgan fingerprint density at radius 1 is 1.12 bits per heavy atom. The van der Waals surface area contributed by atoms with E-state index < -0.39 is 0 Å². The molecule has 0 aliphatic carbocycles. The first-order valence-electron chi connectivity index (χ1n) is 4.79. The molecule has 0 bridgehead atoms. The van der Waals surface area contributed by atoms with Crippen LogP contribution in [0.5, 0.6) is 5.75 Å². The molecule has 2 rings (SSSR count). The van der Waals surface area contributed by atoms with Crippen molar-refractivity contribution in [2.75, 3.05) is 12.4 Å². The highest BCUT2D eigenvalue weighted by Crippen LogP contribution is 2.28. The van der Waals surface area contributed by atoms with Gasteiger partial charge in [-0.3, -0.25) is 0 Å². The number of aromatic nitrogens is 2. The zero-order chi connectivity index (χ0) is 12.3. The first-order valence-corrected chi connectivity index (χ1v) is 5.54. The lowest BCUT2D eigenvalue weighted by Crippen LogP contribution is -1.96. The van der Waals surface area contributed by atoms with Gasteiger partial charge in [0.05, 0.1) is 17.8 Å². The van der Waals surface area contributed by atoms with E-state index in [2.05, 4.69) is 15.5 Å². The fourth-order valence-electron chi connectivity index (χ4n) is 1.25. The summed E-state index contributed by atoms with van der Waals surface area (Å²) in [5, 5.41) is 11.5. The van der Waals surface area contributed by atoms with Crippen LogP contribution in [-0.4, -0.2) is 17.3 Å². The van der Waals surface area contributed by atoms with Gasteiger partial charge < -0.3 is 10.1 Å². The number of halogens is 2. The van der Waals surface area contributed by atoms with Gasteiger partial charge in [0.15, 0.2) is 11.0 Å². The van der Waals surface area contributed by atoms with Crippen LogP contribution in [0.2, 0.25) is 10.2 Å². The van der Waals surface area contributed by atoms with Crippen LogP contribution in [0.1, 0.15) is 0 Å². The van der Waals surface area contributed by atoms with Crippen molar-refractivity contribution in [2.24, 2.45) is 0 Å². The molecule has 0 saturated heterocycles. The number of hydrogen-bond acceptors (Lipinski definition) is 4. The van der Waals surface area contributed by atoms with Gasteiger partial charge >= 0.3 is 0 Å². The SMILES string of the molecule is COc1ccc(Cl)c(Nc2ccc(Cl)nn2)c1. The standard InChI is InChI=1S/C11H9Cl2N3O/c1-17-7-2-3-8(12)9(6-7)14-11-5-4-10(13)15-16-11/h2-6H,1H3,(H,14,16). The van der Waals surface area contributed by atoms with Crippen molar-refractivity contribution < 1.29 is 4.74 Å². The van der Waals surface area contributed by atoms with Crippen molar-refractivity contribution >= 4 is 34.7 Å². The van der Waals surface area contributed by atoms with E-state index in [0.717, 1.165) is 0 Å². The van der Waals surface area contributed by atoms with Gasteiger partial charge in [0.25, 0.3) is 0 Å². The second-order valence-electron chi connectivity index (χ2n) is 3.21. The third kappa shape index (κ3) is 2.99. The van der Waals surface area contributed by atoms with E-state index in [1.165, 1.54) is 0 Å². The molecular weight excluding hydrogens is 261 g/mol. The Bertz CT molecular complexity index is 517. The maximum absolute atomic E-state index is 6.04. The van der Waals surface area contributed by atoms with E-state index >= 15 is 0 Å². The fraction of sp³-hybridized carbons (Fsp3) is 0.0909. The van der Waals surface area contributed by atoms with Crippen molar-refractivity contribution in [3.8, 4) is 5.75 Å². The topological polar surface area (TPSA) is 47.0 Å². The maximum atomic E-state index is 6.04. The summed E-state index contributed by atoms with van der Waals surface area (Å²) >= 11 is 11.7. The lowest BCUT2D eigenvalue weighted by atomic mass is 10.3. The summed E-state index contributed by atoms with van der Waals surface area (Å²) in [5.41, 5.74) is 0.697. The highest BCUT2D eigenvalue weighted by molar-refractivity contribution is 6.33. The lowest BCUT2D eigenvalue weighted by molar-refractivity contribution is 0.415. The fourth-order valence-corrected chi connectivity index (χ4v) is 1.51. The smallest absolute Gasteiger partial charge is 0.153 e. The number of anilines is 2. The van der Waals surface area contributed by atoms with Crippen LogP contribution in [0, 0.1) is 0 Å². The summed E-state index contributed by atoms with van der Waals surface area (Å²) in [6.45, 7) is 0. The van der Waals surface area contributed by atoms with Crippen LogP contribution in [0.4, 0.5) is 11.5 Å². The number of hydrogen-bond donors (Lipinski definition) is 1. The van der Waals surface area contributed by atoms with Crippen molar-refractivity contribution in [3.05, 3.63) is 40.5 Å². The molecule has 1 aromatic carbocycles.